The highest BCUT2D eigenvalue weighted by molar-refractivity contribution is 6.34. The molecule has 0 radical (unpaired) electrons. The van der Waals surface area contributed by atoms with Gasteiger partial charge in [0.15, 0.2) is 0 Å². The number of rotatable bonds is 9. The van der Waals surface area contributed by atoms with Gasteiger partial charge in [-0.15, -0.1) is 0 Å². The van der Waals surface area contributed by atoms with Gasteiger partial charge in [-0.2, -0.15) is 0 Å². The largest absolute Gasteiger partial charge is 0.480 e. The number of unbranched alkanes of at least 4 members (excludes halogenated alkanes) is 1. The lowest BCUT2D eigenvalue weighted by atomic mass is 10.1. The van der Waals surface area contributed by atoms with Gasteiger partial charge in [0.25, 0.3) is 11.6 Å². The molecule has 0 fully saturated rings. The number of hydrogen-bond donors (Lipinski definition) is 3. The van der Waals surface area contributed by atoms with Crippen LogP contribution in [0.3, 0.4) is 0 Å². The molecule has 0 aliphatic rings. The van der Waals surface area contributed by atoms with Crippen molar-refractivity contribution < 1.29 is 24.4 Å². The smallest absolute Gasteiger partial charge is 0.326 e. The molecular formula is C15H18ClN3O6. The predicted molar refractivity (Wildman–Crippen MR) is 89.5 cm³/mol. The molecule has 1 aromatic rings. The van der Waals surface area contributed by atoms with Crippen LogP contribution in [0.1, 0.15) is 36.5 Å². The highest BCUT2D eigenvalue weighted by Gasteiger charge is 2.24. The van der Waals surface area contributed by atoms with Crippen molar-refractivity contribution in [3.8, 4) is 0 Å². The number of nitro groups is 1. The number of halogens is 1. The summed E-state index contributed by atoms with van der Waals surface area (Å²) < 4.78 is 0. The zero-order chi connectivity index (χ0) is 19.0. The van der Waals surface area contributed by atoms with Gasteiger partial charge in [-0.25, -0.2) is 4.79 Å². The molecule has 1 atom stereocenters. The van der Waals surface area contributed by atoms with Crippen LogP contribution in [0, 0.1) is 10.1 Å². The van der Waals surface area contributed by atoms with E-state index in [-0.39, 0.29) is 17.0 Å². The predicted octanol–water partition coefficient (Wildman–Crippen LogP) is 1.74. The Labute approximate surface area is 148 Å². The fourth-order valence-electron chi connectivity index (χ4n) is 2.05. The third-order valence-electron chi connectivity index (χ3n) is 3.30. The maximum atomic E-state index is 12.1. The molecule has 0 spiro atoms. The summed E-state index contributed by atoms with van der Waals surface area (Å²) in [6, 6.07) is 2.70. The minimum Gasteiger partial charge on any atom is -0.480 e. The number of aliphatic carboxylic acids is 1. The van der Waals surface area contributed by atoms with Crippen molar-refractivity contribution in [1.29, 1.82) is 0 Å². The number of nitro benzene ring substituents is 1. The molecule has 2 amide bonds. The van der Waals surface area contributed by atoms with Crippen molar-refractivity contribution in [2.24, 2.45) is 0 Å². The highest BCUT2D eigenvalue weighted by atomic mass is 35.5. The molecule has 0 aromatic heterocycles. The van der Waals surface area contributed by atoms with Crippen molar-refractivity contribution >= 4 is 35.1 Å². The zero-order valence-corrected chi connectivity index (χ0v) is 14.2. The molecule has 1 unspecified atom stereocenters. The van der Waals surface area contributed by atoms with E-state index >= 15 is 0 Å². The average molecular weight is 372 g/mol. The normalized spacial score (nSPS) is 11.4. The quantitative estimate of drug-likeness (QED) is 0.446. The maximum absolute atomic E-state index is 12.1. The number of amides is 2. The molecule has 10 heteroatoms. The number of benzene rings is 1. The van der Waals surface area contributed by atoms with Crippen molar-refractivity contribution in [1.82, 2.24) is 10.6 Å². The van der Waals surface area contributed by atoms with Gasteiger partial charge in [-0.05, 0) is 12.5 Å². The van der Waals surface area contributed by atoms with E-state index in [0.29, 0.717) is 6.42 Å². The van der Waals surface area contributed by atoms with E-state index in [0.717, 1.165) is 12.5 Å². The van der Waals surface area contributed by atoms with Crippen LogP contribution in [0.4, 0.5) is 5.69 Å². The Bertz CT molecular complexity index is 679. The van der Waals surface area contributed by atoms with Crippen LogP contribution < -0.4 is 10.6 Å². The average Bonchev–Trinajstić information content (AvgIpc) is 2.55. The fourth-order valence-corrected chi connectivity index (χ4v) is 2.30. The molecule has 0 saturated carbocycles. The standard InChI is InChI=1S/C15H18ClN3O6/c1-2-3-6-10(15(22)23)18-12(20)8-17-14(21)13-9(16)5-4-7-11(13)19(24)25/h4-5,7,10H,2-3,6,8H2,1H3,(H,17,21)(H,18,20)(H,22,23). The van der Waals surface area contributed by atoms with Crippen molar-refractivity contribution in [2.75, 3.05) is 6.54 Å². The lowest BCUT2D eigenvalue weighted by Crippen LogP contribution is -2.45. The lowest BCUT2D eigenvalue weighted by molar-refractivity contribution is -0.385. The Balaban J connectivity index is 2.72. The first kappa shape index (κ1) is 20.4. The van der Waals surface area contributed by atoms with Crippen molar-refractivity contribution in [3.63, 3.8) is 0 Å². The third kappa shape index (κ3) is 6.03. The second-order valence-corrected chi connectivity index (χ2v) is 5.58. The summed E-state index contributed by atoms with van der Waals surface area (Å²) in [7, 11) is 0. The van der Waals surface area contributed by atoms with Gasteiger partial charge in [0.2, 0.25) is 5.91 Å². The molecule has 25 heavy (non-hydrogen) atoms. The molecule has 0 saturated heterocycles. The lowest BCUT2D eigenvalue weighted by Gasteiger charge is -2.14. The minimum absolute atomic E-state index is 0.126. The van der Waals surface area contributed by atoms with Gasteiger partial charge in [0, 0.05) is 6.07 Å². The number of carbonyl (C=O) groups is 3. The maximum Gasteiger partial charge on any atom is 0.326 e. The van der Waals surface area contributed by atoms with E-state index in [1.165, 1.54) is 12.1 Å². The first-order valence-corrected chi connectivity index (χ1v) is 7.89. The molecule has 0 heterocycles. The Hall–Kier alpha value is -2.68. The van der Waals surface area contributed by atoms with E-state index in [1.807, 2.05) is 6.92 Å². The molecule has 0 bridgehead atoms. The van der Waals surface area contributed by atoms with Crippen LogP contribution in [-0.2, 0) is 9.59 Å². The number of nitrogens with one attached hydrogen (secondary N) is 2. The SMILES string of the molecule is CCCCC(NC(=O)CNC(=O)c1c(Cl)cccc1[N+](=O)[O-])C(=O)O. The number of carboxylic acid groups (broad SMARTS) is 1. The summed E-state index contributed by atoms with van der Waals surface area (Å²) in [6.07, 6.45) is 1.66. The monoisotopic (exact) mass is 371 g/mol. The fraction of sp³-hybridized carbons (Fsp3) is 0.400. The highest BCUT2D eigenvalue weighted by Crippen LogP contribution is 2.25. The molecule has 9 nitrogen and oxygen atoms in total. The van der Waals surface area contributed by atoms with Gasteiger partial charge in [-0.1, -0.05) is 37.4 Å². The number of carbonyl (C=O) groups excluding carboxylic acids is 2. The number of carboxylic acids is 1. The third-order valence-corrected chi connectivity index (χ3v) is 3.62. The van der Waals surface area contributed by atoms with Crippen LogP contribution in [0.5, 0.6) is 0 Å². The molecule has 1 aromatic carbocycles. The summed E-state index contributed by atoms with van der Waals surface area (Å²) in [5, 5.41) is 24.4. The Morgan fingerprint density at radius 3 is 2.60 bits per heavy atom. The molecule has 1 rings (SSSR count). The van der Waals surface area contributed by atoms with E-state index in [2.05, 4.69) is 10.6 Å². The van der Waals surface area contributed by atoms with Gasteiger partial charge in [0.05, 0.1) is 16.5 Å². The second-order valence-electron chi connectivity index (χ2n) is 5.17. The van der Waals surface area contributed by atoms with Crippen LogP contribution in [0.2, 0.25) is 5.02 Å². The summed E-state index contributed by atoms with van der Waals surface area (Å²) in [4.78, 5) is 45.2. The van der Waals surface area contributed by atoms with E-state index in [9.17, 15) is 24.5 Å². The van der Waals surface area contributed by atoms with Crippen LogP contribution in [0.15, 0.2) is 18.2 Å². The molecule has 0 aliphatic heterocycles. The van der Waals surface area contributed by atoms with Crippen molar-refractivity contribution in [2.45, 2.75) is 32.2 Å². The molecule has 3 N–H and O–H groups in total. The summed E-state index contributed by atoms with van der Waals surface area (Å²) in [5.41, 5.74) is -0.848. The number of hydrogen-bond acceptors (Lipinski definition) is 5. The van der Waals surface area contributed by atoms with Gasteiger partial charge in [-0.3, -0.25) is 19.7 Å². The Morgan fingerprint density at radius 2 is 2.04 bits per heavy atom. The Kier molecular flexibility index (Phi) is 7.80. The molecule has 136 valence electrons. The van der Waals surface area contributed by atoms with E-state index < -0.39 is 41.0 Å². The minimum atomic E-state index is -1.17. The van der Waals surface area contributed by atoms with Crippen LogP contribution >= 0.6 is 11.6 Å². The van der Waals surface area contributed by atoms with Gasteiger partial charge < -0.3 is 15.7 Å². The Morgan fingerprint density at radius 1 is 1.36 bits per heavy atom. The topological polar surface area (TPSA) is 139 Å². The van der Waals surface area contributed by atoms with Crippen LogP contribution in [0.25, 0.3) is 0 Å². The first-order valence-electron chi connectivity index (χ1n) is 7.51. The summed E-state index contributed by atoms with van der Waals surface area (Å²) in [6.45, 7) is 1.36. The number of nitrogens with zero attached hydrogens (tertiary/aromatic N) is 1. The van der Waals surface area contributed by atoms with E-state index in [4.69, 9.17) is 16.7 Å². The van der Waals surface area contributed by atoms with E-state index in [1.54, 1.807) is 0 Å². The van der Waals surface area contributed by atoms with Gasteiger partial charge >= 0.3 is 5.97 Å². The summed E-state index contributed by atoms with van der Waals surface area (Å²) >= 11 is 5.82. The zero-order valence-electron chi connectivity index (χ0n) is 13.5. The van der Waals surface area contributed by atoms with Gasteiger partial charge in [0.1, 0.15) is 11.6 Å². The van der Waals surface area contributed by atoms with Crippen LogP contribution in [-0.4, -0.2) is 40.4 Å². The molecular weight excluding hydrogens is 354 g/mol. The summed E-state index contributed by atoms with van der Waals surface area (Å²) in [5.74, 6) is -2.78. The first-order chi connectivity index (χ1) is 11.8. The molecule has 0 aliphatic carbocycles. The van der Waals surface area contributed by atoms with Crippen molar-refractivity contribution in [3.05, 3.63) is 38.9 Å². The second kappa shape index (κ2) is 9.58.